The third-order valence-corrected chi connectivity index (χ3v) is 7.24. The van der Waals surface area contributed by atoms with E-state index in [0.29, 0.717) is 24.5 Å². The van der Waals surface area contributed by atoms with Gasteiger partial charge in [-0.3, -0.25) is 0 Å². The van der Waals surface area contributed by atoms with Gasteiger partial charge in [0.15, 0.2) is 17.5 Å². The lowest BCUT2D eigenvalue weighted by Crippen LogP contribution is -2.31. The summed E-state index contributed by atoms with van der Waals surface area (Å²) in [5, 5.41) is 26.8. The Morgan fingerprint density at radius 1 is 0.950 bits per heavy atom. The van der Waals surface area contributed by atoms with E-state index in [9.17, 15) is 5.21 Å². The molecule has 6 aromatic rings. The van der Waals surface area contributed by atoms with E-state index in [4.69, 9.17) is 9.97 Å². The fraction of sp³-hybridized carbons (Fsp3) is 0.226. The molecule has 0 fully saturated rings. The Morgan fingerprint density at radius 2 is 1.75 bits per heavy atom. The van der Waals surface area contributed by atoms with Crippen molar-refractivity contribution in [2.24, 2.45) is 0 Å². The molecule has 0 atom stereocenters. The lowest BCUT2D eigenvalue weighted by molar-refractivity contribution is -0.613. The lowest BCUT2D eigenvalue weighted by Gasteiger charge is -2.12. The maximum absolute atomic E-state index is 12.2. The van der Waals surface area contributed by atoms with E-state index in [2.05, 4.69) is 68.5 Å². The van der Waals surface area contributed by atoms with Crippen LogP contribution < -0.4 is 4.73 Å². The minimum absolute atomic E-state index is 0.517. The Bertz CT molecular complexity index is 1760. The quantitative estimate of drug-likeness (QED) is 0.203. The smallest absolute Gasteiger partial charge is 0.205 e. The molecule has 1 N–H and O–H groups in total. The van der Waals surface area contributed by atoms with Crippen molar-refractivity contribution in [1.29, 1.82) is 0 Å². The van der Waals surface area contributed by atoms with E-state index < -0.39 is 0 Å². The fourth-order valence-electron chi connectivity index (χ4n) is 5.07. The number of aryl methyl sites for hydroxylation is 2. The fourth-order valence-corrected chi connectivity index (χ4v) is 5.07. The molecular weight excluding hydrogens is 500 g/mol. The minimum atomic E-state index is 0.517. The number of pyridine rings is 2. The molecule has 0 radical (unpaired) electrons. The first-order valence-electron chi connectivity index (χ1n) is 13.6. The molecule has 6 rings (SSSR count). The summed E-state index contributed by atoms with van der Waals surface area (Å²) in [6.07, 6.45) is 5.08. The zero-order valence-electron chi connectivity index (χ0n) is 22.6. The highest BCUT2D eigenvalue weighted by molar-refractivity contribution is 5.80. The number of nitrogens with zero attached hydrogens (tertiary/aromatic N) is 7. The van der Waals surface area contributed by atoms with Crippen LogP contribution in [-0.2, 0) is 19.4 Å². The van der Waals surface area contributed by atoms with Crippen molar-refractivity contribution in [2.45, 2.75) is 46.1 Å². The Hall–Kier alpha value is -4.92. The van der Waals surface area contributed by atoms with Crippen LogP contribution >= 0.6 is 0 Å². The Morgan fingerprint density at radius 3 is 2.50 bits per heavy atom. The van der Waals surface area contributed by atoms with Crippen molar-refractivity contribution >= 4 is 11.2 Å². The molecule has 9 heteroatoms. The van der Waals surface area contributed by atoms with Crippen LogP contribution in [-0.4, -0.2) is 35.2 Å². The van der Waals surface area contributed by atoms with Gasteiger partial charge < -0.3 is 9.77 Å². The highest BCUT2D eigenvalue weighted by Crippen LogP contribution is 2.30. The largest absolute Gasteiger partial charge is 0.618 e. The first-order chi connectivity index (χ1) is 19.6. The van der Waals surface area contributed by atoms with Crippen LogP contribution in [0, 0.1) is 12.1 Å². The number of nitrogens with one attached hydrogen (secondary N) is 1. The van der Waals surface area contributed by atoms with Gasteiger partial charge >= 0.3 is 0 Å². The number of unbranched alkanes of at least 4 members (excludes halogenated alkanes) is 1. The first-order valence-corrected chi connectivity index (χ1v) is 13.6. The summed E-state index contributed by atoms with van der Waals surface area (Å²) in [5.41, 5.74) is 8.59. The molecule has 0 aliphatic carbocycles. The number of imidazole rings is 1. The number of benzene rings is 2. The predicted octanol–water partition coefficient (Wildman–Crippen LogP) is 5.20. The number of fused-ring (bicyclic) bond motifs is 1. The standard InChI is InChI=1S/C31H30N8O/c1-3-4-12-29-33-28-19-24(18-25-9-7-8-17-39(25)40)21(2)32-31(28)38(29)20-22-13-15-23(16-14-22)26-10-5-6-11-27(26)30-34-36-37-35-30/h5-11,13-17,19H,3-4,12,18,20H2,1-2H3,(H,34,35,36,37). The van der Waals surface area contributed by atoms with Crippen LogP contribution in [0.4, 0.5) is 0 Å². The van der Waals surface area contributed by atoms with Gasteiger partial charge in [-0.05, 0) is 46.9 Å². The SMILES string of the molecule is CCCCc1nc2cc(Cc3cccc[n+]3[O-])c(C)nc2n1Cc1ccc(-c2ccccc2-c2nn[nH]n2)cc1. The number of aromatic amines is 1. The van der Waals surface area contributed by atoms with Crippen LogP contribution in [0.15, 0.2) is 79.0 Å². The van der Waals surface area contributed by atoms with E-state index in [1.807, 2.05) is 37.3 Å². The number of hydrogen-bond donors (Lipinski definition) is 1. The normalized spacial score (nSPS) is 11.3. The van der Waals surface area contributed by atoms with Gasteiger partial charge in [0, 0.05) is 29.8 Å². The van der Waals surface area contributed by atoms with Crippen LogP contribution in [0.3, 0.4) is 0 Å². The summed E-state index contributed by atoms with van der Waals surface area (Å²) in [7, 11) is 0. The number of rotatable bonds is 9. The van der Waals surface area contributed by atoms with Crippen LogP contribution in [0.1, 0.15) is 48.1 Å². The van der Waals surface area contributed by atoms with Gasteiger partial charge in [0.25, 0.3) is 0 Å². The predicted molar refractivity (Wildman–Crippen MR) is 153 cm³/mol. The molecule has 2 aromatic carbocycles. The molecule has 0 aliphatic rings. The topological polar surface area (TPSA) is 112 Å². The molecule has 0 amide bonds. The molecule has 0 saturated heterocycles. The molecule has 4 aromatic heterocycles. The molecule has 9 nitrogen and oxygen atoms in total. The van der Waals surface area contributed by atoms with Crippen LogP contribution in [0.25, 0.3) is 33.7 Å². The average molecular weight is 531 g/mol. The van der Waals surface area contributed by atoms with Crippen molar-refractivity contribution in [3.63, 3.8) is 0 Å². The number of H-pyrrole nitrogens is 1. The Labute approximate surface area is 232 Å². The van der Waals surface area contributed by atoms with Crippen molar-refractivity contribution in [2.75, 3.05) is 0 Å². The van der Waals surface area contributed by atoms with E-state index in [1.165, 1.54) is 6.20 Å². The molecular formula is C31H30N8O. The molecule has 0 bridgehead atoms. The third-order valence-electron chi connectivity index (χ3n) is 7.24. The maximum atomic E-state index is 12.2. The van der Waals surface area contributed by atoms with Crippen molar-refractivity contribution < 1.29 is 4.73 Å². The van der Waals surface area contributed by atoms with Gasteiger partial charge in [-0.25, -0.2) is 9.97 Å². The van der Waals surface area contributed by atoms with Crippen molar-refractivity contribution in [3.05, 3.63) is 113 Å². The number of aromatic nitrogens is 8. The van der Waals surface area contributed by atoms with Gasteiger partial charge in [-0.1, -0.05) is 67.9 Å². The first kappa shape index (κ1) is 25.4. The minimum Gasteiger partial charge on any atom is -0.618 e. The van der Waals surface area contributed by atoms with Gasteiger partial charge in [-0.2, -0.15) is 9.94 Å². The van der Waals surface area contributed by atoms with Crippen LogP contribution in [0.5, 0.6) is 0 Å². The Kier molecular flexibility index (Phi) is 7.01. The Balaban J connectivity index is 1.32. The zero-order chi connectivity index (χ0) is 27.5. The molecule has 0 unspecified atom stereocenters. The summed E-state index contributed by atoms with van der Waals surface area (Å²) >= 11 is 0. The van der Waals surface area contributed by atoms with Gasteiger partial charge in [0.2, 0.25) is 5.82 Å². The lowest BCUT2D eigenvalue weighted by atomic mass is 9.98. The van der Waals surface area contributed by atoms with Gasteiger partial charge in [-0.15, -0.1) is 10.2 Å². The average Bonchev–Trinajstić information content (AvgIpc) is 3.63. The monoisotopic (exact) mass is 530 g/mol. The molecule has 0 spiro atoms. The molecule has 200 valence electrons. The number of tetrazole rings is 1. The van der Waals surface area contributed by atoms with Crippen LogP contribution in [0.2, 0.25) is 0 Å². The van der Waals surface area contributed by atoms with E-state index in [-0.39, 0.29) is 0 Å². The highest BCUT2D eigenvalue weighted by Gasteiger charge is 2.17. The molecule has 4 heterocycles. The zero-order valence-corrected chi connectivity index (χ0v) is 22.6. The summed E-state index contributed by atoms with van der Waals surface area (Å²) < 4.78 is 3.15. The summed E-state index contributed by atoms with van der Waals surface area (Å²) in [5.74, 6) is 1.61. The van der Waals surface area contributed by atoms with Gasteiger partial charge in [0.1, 0.15) is 11.3 Å². The van der Waals surface area contributed by atoms with Crippen molar-refractivity contribution in [1.82, 2.24) is 35.2 Å². The number of hydrogen-bond acceptors (Lipinski definition) is 6. The van der Waals surface area contributed by atoms with E-state index in [0.717, 1.165) is 74.5 Å². The maximum Gasteiger partial charge on any atom is 0.205 e. The highest BCUT2D eigenvalue weighted by atomic mass is 16.5. The summed E-state index contributed by atoms with van der Waals surface area (Å²) in [6.45, 7) is 4.87. The molecule has 40 heavy (non-hydrogen) atoms. The van der Waals surface area contributed by atoms with Crippen molar-refractivity contribution in [3.8, 4) is 22.5 Å². The second kappa shape index (κ2) is 11.1. The second-order valence-corrected chi connectivity index (χ2v) is 9.97. The summed E-state index contributed by atoms with van der Waals surface area (Å²) in [6, 6.07) is 24.2. The van der Waals surface area contributed by atoms with Gasteiger partial charge in [0.05, 0.1) is 13.0 Å². The second-order valence-electron chi connectivity index (χ2n) is 9.97. The third kappa shape index (κ3) is 5.05. The summed E-state index contributed by atoms with van der Waals surface area (Å²) in [4.78, 5) is 10.0. The van der Waals surface area contributed by atoms with E-state index >= 15 is 0 Å². The molecule has 0 aliphatic heterocycles. The molecule has 0 saturated carbocycles. The van der Waals surface area contributed by atoms with E-state index in [1.54, 1.807) is 6.07 Å².